The molecule has 0 aromatic heterocycles. The fourth-order valence-electron chi connectivity index (χ4n) is 4.25. The Bertz CT molecular complexity index is 1080. The van der Waals surface area contributed by atoms with Crippen LogP contribution in [0, 0.1) is 5.92 Å². The lowest BCUT2D eigenvalue weighted by molar-refractivity contribution is -0.166. The third-order valence-corrected chi connectivity index (χ3v) is 6.36. The van der Waals surface area contributed by atoms with Gasteiger partial charge < -0.3 is 10.2 Å². The number of amides is 4. The summed E-state index contributed by atoms with van der Waals surface area (Å²) in [6, 6.07) is 11.4. The fourth-order valence-corrected chi connectivity index (χ4v) is 4.25. The zero-order valence-electron chi connectivity index (χ0n) is 17.8. The summed E-state index contributed by atoms with van der Waals surface area (Å²) in [5.41, 5.74) is -0.888. The normalized spacial score (nSPS) is 22.2. The van der Waals surface area contributed by atoms with Crippen LogP contribution in [-0.4, -0.2) is 53.0 Å². The molecule has 1 saturated heterocycles. The van der Waals surface area contributed by atoms with Crippen molar-refractivity contribution in [1.29, 1.82) is 0 Å². The Morgan fingerprint density at radius 2 is 1.84 bits per heavy atom. The van der Waals surface area contributed by atoms with E-state index < -0.39 is 48.7 Å². The summed E-state index contributed by atoms with van der Waals surface area (Å²) in [6.07, 6.45) is -3.06. The molecule has 2 aliphatic rings. The van der Waals surface area contributed by atoms with Gasteiger partial charge in [-0.15, -0.1) is 0 Å². The zero-order valence-corrected chi connectivity index (χ0v) is 17.8. The smallest absolute Gasteiger partial charge is 0.329 e. The number of carbonyl (C=O) groups excluding carboxylic acids is 3. The lowest BCUT2D eigenvalue weighted by Crippen LogP contribution is -2.50. The molecule has 1 heterocycles. The summed E-state index contributed by atoms with van der Waals surface area (Å²) in [6.45, 7) is 0.963. The highest BCUT2D eigenvalue weighted by Gasteiger charge is 2.50. The topological polar surface area (TPSA) is 69.7 Å². The van der Waals surface area contributed by atoms with Crippen molar-refractivity contribution in [3.63, 3.8) is 0 Å². The summed E-state index contributed by atoms with van der Waals surface area (Å²) in [7, 11) is 0. The zero-order chi connectivity index (χ0) is 23.3. The first-order chi connectivity index (χ1) is 15.0. The van der Waals surface area contributed by atoms with Gasteiger partial charge in [0.15, 0.2) is 0 Å². The largest absolute Gasteiger partial charge is 0.406 e. The van der Waals surface area contributed by atoms with Crippen molar-refractivity contribution < 1.29 is 27.6 Å². The van der Waals surface area contributed by atoms with Crippen LogP contribution in [0.3, 0.4) is 0 Å². The van der Waals surface area contributed by atoms with E-state index in [9.17, 15) is 27.6 Å². The first-order valence-electron chi connectivity index (χ1n) is 10.5. The molecule has 1 saturated carbocycles. The van der Waals surface area contributed by atoms with E-state index in [4.69, 9.17) is 0 Å². The summed E-state index contributed by atoms with van der Waals surface area (Å²) in [5, 5.41) is 4.44. The van der Waals surface area contributed by atoms with Crippen LogP contribution in [0.4, 0.5) is 18.0 Å². The minimum Gasteiger partial charge on any atom is -0.329 e. The predicted molar refractivity (Wildman–Crippen MR) is 111 cm³/mol. The first-order valence-corrected chi connectivity index (χ1v) is 10.5. The molecular formula is C23H24F3N3O3. The standard InChI is InChI=1S/C23H24F3N3O3/c1-14(15-7-8-15)29(13-23(24,25)26)19(30)12-28-20(31)22(2,27-21(28)32)18-10-9-16-5-3-4-6-17(16)11-18/h3-6,9-11,14-15H,7-8,12-13H2,1-2H3,(H,27,32). The van der Waals surface area contributed by atoms with Crippen molar-refractivity contribution in [2.24, 2.45) is 5.92 Å². The third-order valence-electron chi connectivity index (χ3n) is 6.36. The highest BCUT2D eigenvalue weighted by atomic mass is 19.4. The maximum absolute atomic E-state index is 13.2. The van der Waals surface area contributed by atoms with Gasteiger partial charge in [-0.25, -0.2) is 4.79 Å². The molecule has 2 aromatic carbocycles. The molecule has 4 rings (SSSR count). The minimum atomic E-state index is -4.57. The van der Waals surface area contributed by atoms with E-state index in [1.165, 1.54) is 6.92 Å². The molecule has 170 valence electrons. The van der Waals surface area contributed by atoms with Crippen LogP contribution in [0.1, 0.15) is 32.3 Å². The van der Waals surface area contributed by atoms with Crippen molar-refractivity contribution in [3.05, 3.63) is 48.0 Å². The molecule has 2 aromatic rings. The second kappa shape index (κ2) is 7.79. The highest BCUT2D eigenvalue weighted by Crippen LogP contribution is 2.37. The highest BCUT2D eigenvalue weighted by molar-refractivity contribution is 6.09. The Kier molecular flexibility index (Phi) is 5.38. The van der Waals surface area contributed by atoms with Crippen molar-refractivity contribution in [3.8, 4) is 0 Å². The number of halogens is 3. The minimum absolute atomic E-state index is 0.00673. The Labute approximate surface area is 183 Å². The molecule has 2 unspecified atom stereocenters. The molecule has 0 bridgehead atoms. The van der Waals surface area contributed by atoms with E-state index >= 15 is 0 Å². The Balaban J connectivity index is 1.56. The number of nitrogens with one attached hydrogen (secondary N) is 1. The van der Waals surface area contributed by atoms with E-state index in [-0.39, 0.29) is 5.92 Å². The molecule has 9 heteroatoms. The van der Waals surface area contributed by atoms with Crippen LogP contribution in [0.25, 0.3) is 10.8 Å². The number of benzene rings is 2. The summed E-state index contributed by atoms with van der Waals surface area (Å²) >= 11 is 0. The van der Waals surface area contributed by atoms with Crippen LogP contribution >= 0.6 is 0 Å². The Morgan fingerprint density at radius 1 is 1.19 bits per heavy atom. The summed E-state index contributed by atoms with van der Waals surface area (Å²) < 4.78 is 39.3. The number of fused-ring (bicyclic) bond motifs is 1. The lowest BCUT2D eigenvalue weighted by atomic mass is 9.90. The van der Waals surface area contributed by atoms with Crippen LogP contribution in [0.5, 0.6) is 0 Å². The first kappa shape index (κ1) is 22.1. The Hall–Kier alpha value is -3.10. The molecule has 1 aliphatic heterocycles. The van der Waals surface area contributed by atoms with Gasteiger partial charge in [-0.05, 0) is 55.0 Å². The average Bonchev–Trinajstić information content (AvgIpc) is 3.56. The summed E-state index contributed by atoms with van der Waals surface area (Å²) in [4.78, 5) is 40.0. The number of urea groups is 1. The van der Waals surface area contributed by atoms with E-state index in [1.807, 2.05) is 30.3 Å². The number of hydrogen-bond acceptors (Lipinski definition) is 3. The molecule has 4 amide bonds. The van der Waals surface area contributed by atoms with Crippen LogP contribution in [0.15, 0.2) is 42.5 Å². The van der Waals surface area contributed by atoms with Crippen LogP contribution < -0.4 is 5.32 Å². The number of hydrogen-bond donors (Lipinski definition) is 1. The van der Waals surface area contributed by atoms with Crippen molar-refractivity contribution in [2.45, 2.75) is 44.4 Å². The molecule has 0 spiro atoms. The number of nitrogens with zero attached hydrogens (tertiary/aromatic N) is 2. The molecule has 6 nitrogen and oxygen atoms in total. The molecule has 32 heavy (non-hydrogen) atoms. The predicted octanol–water partition coefficient (Wildman–Crippen LogP) is 3.80. The SMILES string of the molecule is CC(C1CC1)N(CC(F)(F)F)C(=O)CN1C(=O)NC(C)(c2ccc3ccccc3c2)C1=O. The van der Waals surface area contributed by atoms with Crippen LogP contribution in [-0.2, 0) is 15.1 Å². The summed E-state index contributed by atoms with van der Waals surface area (Å²) in [5.74, 6) is -1.56. The van der Waals surface area contributed by atoms with Gasteiger partial charge in [0.25, 0.3) is 5.91 Å². The van der Waals surface area contributed by atoms with Gasteiger partial charge in [0, 0.05) is 6.04 Å². The van der Waals surface area contributed by atoms with Gasteiger partial charge in [0.2, 0.25) is 5.91 Å². The number of alkyl halides is 3. The van der Waals surface area contributed by atoms with E-state index in [1.54, 1.807) is 19.1 Å². The molecule has 2 atom stereocenters. The van der Waals surface area contributed by atoms with Gasteiger partial charge in [-0.3, -0.25) is 14.5 Å². The number of rotatable bonds is 6. The van der Waals surface area contributed by atoms with Crippen LogP contribution in [0.2, 0.25) is 0 Å². The fraction of sp³-hybridized carbons (Fsp3) is 0.435. The quantitative estimate of drug-likeness (QED) is 0.685. The maximum atomic E-state index is 13.2. The lowest BCUT2D eigenvalue weighted by Gasteiger charge is -2.31. The van der Waals surface area contributed by atoms with Gasteiger partial charge in [-0.2, -0.15) is 13.2 Å². The van der Waals surface area contributed by atoms with Gasteiger partial charge in [0.05, 0.1) is 0 Å². The molecule has 0 radical (unpaired) electrons. The van der Waals surface area contributed by atoms with Crippen molar-refractivity contribution in [1.82, 2.24) is 15.1 Å². The molecule has 1 N–H and O–H groups in total. The molecule has 2 fully saturated rings. The second-order valence-corrected chi connectivity index (χ2v) is 8.72. The number of imide groups is 1. The monoisotopic (exact) mass is 447 g/mol. The van der Waals surface area contributed by atoms with E-state index in [0.29, 0.717) is 10.5 Å². The van der Waals surface area contributed by atoms with Crippen molar-refractivity contribution in [2.75, 3.05) is 13.1 Å². The van der Waals surface area contributed by atoms with Gasteiger partial charge in [0.1, 0.15) is 18.6 Å². The van der Waals surface area contributed by atoms with Gasteiger partial charge >= 0.3 is 12.2 Å². The third kappa shape index (κ3) is 4.16. The second-order valence-electron chi connectivity index (χ2n) is 8.72. The van der Waals surface area contributed by atoms with E-state index in [2.05, 4.69) is 5.32 Å². The van der Waals surface area contributed by atoms with E-state index in [0.717, 1.165) is 28.5 Å². The molecule has 1 aliphatic carbocycles. The Morgan fingerprint density at radius 3 is 2.47 bits per heavy atom. The van der Waals surface area contributed by atoms with Crippen molar-refractivity contribution >= 4 is 28.6 Å². The maximum Gasteiger partial charge on any atom is 0.406 e. The van der Waals surface area contributed by atoms with Gasteiger partial charge in [-0.1, -0.05) is 36.4 Å². The number of carbonyl (C=O) groups is 3. The molecular weight excluding hydrogens is 423 g/mol. The average molecular weight is 447 g/mol.